The minimum atomic E-state index is -0.401. The molecule has 0 unspecified atom stereocenters. The van der Waals surface area contributed by atoms with E-state index in [1.807, 2.05) is 26.0 Å². The molecule has 0 spiro atoms. The molecular formula is C14H16Cl2N2O2. The lowest BCUT2D eigenvalue weighted by molar-refractivity contribution is -0.116. The molecule has 2 N–H and O–H groups in total. The van der Waals surface area contributed by atoms with Crippen molar-refractivity contribution in [3.05, 3.63) is 39.9 Å². The van der Waals surface area contributed by atoms with Crippen LogP contribution in [0, 0.1) is 19.3 Å². The van der Waals surface area contributed by atoms with E-state index in [0.29, 0.717) is 6.54 Å². The molecule has 0 aliphatic heterocycles. The van der Waals surface area contributed by atoms with E-state index in [9.17, 15) is 4.79 Å². The first-order valence-electron chi connectivity index (χ1n) is 5.89. The van der Waals surface area contributed by atoms with Crippen LogP contribution in [0.2, 0.25) is 0 Å². The number of ether oxygens (including phenoxy) is 1. The largest absolute Gasteiger partial charge is 0.496 e. The Morgan fingerprint density at radius 1 is 1.40 bits per heavy atom. The van der Waals surface area contributed by atoms with Crippen molar-refractivity contribution < 1.29 is 9.53 Å². The Bertz CT molecular complexity index is 569. The van der Waals surface area contributed by atoms with Gasteiger partial charge in [0.25, 0.3) is 0 Å². The standard InChI is InChI=1S/C14H16Cl2N2O2/c1-8-4-5-12(20-3)9(2)10(8)7-18-13(19)6-11(15)14(16)17/h4-6,17H,7H2,1-3H3,(H,18,19)/b11-6+,17-14?. The summed E-state index contributed by atoms with van der Waals surface area (Å²) in [6.07, 6.45) is 1.09. The molecule has 0 heterocycles. The lowest BCUT2D eigenvalue weighted by atomic mass is 10.0. The molecule has 1 amide bonds. The Morgan fingerprint density at radius 2 is 2.05 bits per heavy atom. The number of hydrogen-bond acceptors (Lipinski definition) is 3. The molecule has 0 saturated carbocycles. The fraction of sp³-hybridized carbons (Fsp3) is 0.286. The summed E-state index contributed by atoms with van der Waals surface area (Å²) >= 11 is 11.0. The Labute approximate surface area is 128 Å². The Hall–Kier alpha value is -1.52. The molecule has 0 aliphatic rings. The second-order valence-corrected chi connectivity index (χ2v) is 5.00. The van der Waals surface area contributed by atoms with Gasteiger partial charge in [0.2, 0.25) is 5.91 Å². The molecule has 0 aliphatic carbocycles. The number of allylic oxidation sites excluding steroid dienone is 1. The lowest BCUT2D eigenvalue weighted by Gasteiger charge is -2.13. The minimum absolute atomic E-state index is 0.0942. The van der Waals surface area contributed by atoms with Gasteiger partial charge in [0.15, 0.2) is 0 Å². The van der Waals surface area contributed by atoms with Gasteiger partial charge in [-0.25, -0.2) is 0 Å². The number of hydrogen-bond donors (Lipinski definition) is 2. The third kappa shape index (κ3) is 4.25. The fourth-order valence-electron chi connectivity index (χ4n) is 1.77. The van der Waals surface area contributed by atoms with Crippen molar-refractivity contribution >= 4 is 34.3 Å². The molecule has 108 valence electrons. The van der Waals surface area contributed by atoms with Crippen molar-refractivity contribution in [1.82, 2.24) is 5.32 Å². The first-order chi connectivity index (χ1) is 9.36. The van der Waals surface area contributed by atoms with Crippen LogP contribution in [0.5, 0.6) is 5.75 Å². The summed E-state index contributed by atoms with van der Waals surface area (Å²) in [5, 5.41) is 9.33. The highest BCUT2D eigenvalue weighted by molar-refractivity contribution is 6.75. The SMILES string of the molecule is COc1ccc(C)c(CNC(=O)/C=C(/Cl)C(=N)Cl)c1C. The van der Waals surface area contributed by atoms with Crippen LogP contribution in [0.1, 0.15) is 16.7 Å². The van der Waals surface area contributed by atoms with Gasteiger partial charge < -0.3 is 10.1 Å². The molecule has 1 aromatic rings. The van der Waals surface area contributed by atoms with Crippen molar-refractivity contribution in [2.45, 2.75) is 20.4 Å². The predicted octanol–water partition coefficient (Wildman–Crippen LogP) is 3.27. The van der Waals surface area contributed by atoms with E-state index in [-0.39, 0.29) is 10.2 Å². The molecule has 0 atom stereocenters. The number of aryl methyl sites for hydroxylation is 1. The monoisotopic (exact) mass is 314 g/mol. The van der Waals surface area contributed by atoms with Crippen LogP contribution in [0.4, 0.5) is 0 Å². The molecule has 1 aromatic carbocycles. The molecule has 0 saturated heterocycles. The zero-order valence-electron chi connectivity index (χ0n) is 11.5. The number of rotatable bonds is 5. The maximum absolute atomic E-state index is 11.6. The van der Waals surface area contributed by atoms with Crippen LogP contribution >= 0.6 is 23.2 Å². The molecule has 1 rings (SSSR count). The zero-order chi connectivity index (χ0) is 15.3. The summed E-state index contributed by atoms with van der Waals surface area (Å²) in [5.74, 6) is 0.373. The van der Waals surface area contributed by atoms with Gasteiger partial charge >= 0.3 is 0 Å². The molecule has 0 fully saturated rings. The minimum Gasteiger partial charge on any atom is -0.496 e. The van der Waals surface area contributed by atoms with Gasteiger partial charge in [0.05, 0.1) is 12.1 Å². The van der Waals surface area contributed by atoms with E-state index >= 15 is 0 Å². The zero-order valence-corrected chi connectivity index (χ0v) is 13.0. The van der Waals surface area contributed by atoms with E-state index < -0.39 is 5.91 Å². The van der Waals surface area contributed by atoms with Crippen LogP contribution in [-0.2, 0) is 11.3 Å². The van der Waals surface area contributed by atoms with Crippen molar-refractivity contribution in [2.75, 3.05) is 7.11 Å². The van der Waals surface area contributed by atoms with Gasteiger partial charge in [-0.3, -0.25) is 10.2 Å². The lowest BCUT2D eigenvalue weighted by Crippen LogP contribution is -2.22. The first-order valence-corrected chi connectivity index (χ1v) is 6.65. The maximum Gasteiger partial charge on any atom is 0.245 e. The van der Waals surface area contributed by atoms with Gasteiger partial charge in [-0.05, 0) is 36.6 Å². The highest BCUT2D eigenvalue weighted by atomic mass is 35.5. The van der Waals surface area contributed by atoms with Crippen LogP contribution < -0.4 is 10.1 Å². The Kier molecular flexibility index (Phi) is 6.05. The second kappa shape index (κ2) is 7.31. The van der Waals surface area contributed by atoms with Crippen LogP contribution in [0.3, 0.4) is 0 Å². The molecule has 4 nitrogen and oxygen atoms in total. The van der Waals surface area contributed by atoms with E-state index in [1.165, 1.54) is 0 Å². The Balaban J connectivity index is 2.83. The summed E-state index contributed by atoms with van der Waals surface area (Å²) < 4.78 is 5.25. The van der Waals surface area contributed by atoms with Crippen LogP contribution in [0.25, 0.3) is 0 Å². The predicted molar refractivity (Wildman–Crippen MR) is 81.8 cm³/mol. The fourth-order valence-corrected chi connectivity index (χ4v) is 1.92. The van der Waals surface area contributed by atoms with Gasteiger partial charge in [-0.2, -0.15) is 0 Å². The topological polar surface area (TPSA) is 62.2 Å². The number of halogens is 2. The van der Waals surface area contributed by atoms with Crippen LogP contribution in [-0.4, -0.2) is 18.2 Å². The van der Waals surface area contributed by atoms with E-state index in [4.69, 9.17) is 33.3 Å². The van der Waals surface area contributed by atoms with Crippen molar-refractivity contribution in [3.8, 4) is 5.75 Å². The summed E-state index contributed by atoms with van der Waals surface area (Å²) in [6.45, 7) is 4.25. The van der Waals surface area contributed by atoms with E-state index in [0.717, 1.165) is 28.5 Å². The van der Waals surface area contributed by atoms with E-state index in [1.54, 1.807) is 7.11 Å². The average Bonchev–Trinajstić information content (AvgIpc) is 2.38. The van der Waals surface area contributed by atoms with Gasteiger partial charge in [-0.15, -0.1) is 0 Å². The quantitative estimate of drug-likeness (QED) is 0.647. The number of nitrogens with one attached hydrogen (secondary N) is 2. The Morgan fingerprint density at radius 3 is 2.60 bits per heavy atom. The summed E-state index contributed by atoms with van der Waals surface area (Å²) in [4.78, 5) is 11.6. The number of methoxy groups -OCH3 is 1. The summed E-state index contributed by atoms with van der Waals surface area (Å²) in [7, 11) is 1.61. The molecular weight excluding hydrogens is 299 g/mol. The molecule has 0 bridgehead atoms. The maximum atomic E-state index is 11.6. The van der Waals surface area contributed by atoms with Gasteiger partial charge in [0.1, 0.15) is 10.9 Å². The van der Waals surface area contributed by atoms with Gasteiger partial charge in [-0.1, -0.05) is 29.3 Å². The second-order valence-electron chi connectivity index (χ2n) is 4.21. The molecule has 0 radical (unpaired) electrons. The number of amides is 1. The smallest absolute Gasteiger partial charge is 0.245 e. The summed E-state index contributed by atoms with van der Waals surface area (Å²) in [5.41, 5.74) is 3.03. The van der Waals surface area contributed by atoms with Crippen molar-refractivity contribution in [3.63, 3.8) is 0 Å². The third-order valence-electron chi connectivity index (χ3n) is 2.91. The molecule has 6 heteroatoms. The van der Waals surface area contributed by atoms with Crippen molar-refractivity contribution in [2.24, 2.45) is 0 Å². The van der Waals surface area contributed by atoms with Crippen LogP contribution in [0.15, 0.2) is 23.2 Å². The number of carbonyl (C=O) groups excluding carboxylic acids is 1. The van der Waals surface area contributed by atoms with Crippen molar-refractivity contribution in [1.29, 1.82) is 5.41 Å². The summed E-state index contributed by atoms with van der Waals surface area (Å²) in [6, 6.07) is 3.83. The van der Waals surface area contributed by atoms with Gasteiger partial charge in [0, 0.05) is 12.6 Å². The highest BCUT2D eigenvalue weighted by Crippen LogP contribution is 2.24. The average molecular weight is 315 g/mol. The normalized spacial score (nSPS) is 11.2. The highest BCUT2D eigenvalue weighted by Gasteiger charge is 2.09. The number of benzene rings is 1. The first kappa shape index (κ1) is 16.5. The molecule has 0 aromatic heterocycles. The molecule has 20 heavy (non-hydrogen) atoms. The van der Waals surface area contributed by atoms with E-state index in [2.05, 4.69) is 5.32 Å². The number of carbonyl (C=O) groups is 1. The third-order valence-corrected chi connectivity index (χ3v) is 3.51.